The minimum absolute atomic E-state index is 0.186. The molecule has 0 atom stereocenters. The Balaban J connectivity index is 1.85. The lowest BCUT2D eigenvalue weighted by Crippen LogP contribution is -2.41. The Labute approximate surface area is 172 Å². The highest BCUT2D eigenvalue weighted by atomic mass is 16.7. The summed E-state index contributed by atoms with van der Waals surface area (Å²) in [5.41, 5.74) is 1.51. The Morgan fingerprint density at radius 2 is 1.59 bits per heavy atom. The van der Waals surface area contributed by atoms with Gasteiger partial charge in [0, 0.05) is 7.11 Å². The average Bonchev–Trinajstić information content (AvgIpc) is 2.90. The molecule has 0 amide bonds. The first kappa shape index (κ1) is 21.3. The molecular weight excluding hydrogens is 369 g/mol. The van der Waals surface area contributed by atoms with E-state index in [9.17, 15) is 0 Å². The zero-order valence-corrected chi connectivity index (χ0v) is 17.5. The number of nitrogens with zero attached hydrogens (tertiary/aromatic N) is 1. The van der Waals surface area contributed by atoms with E-state index >= 15 is 0 Å². The molecule has 1 fully saturated rings. The minimum atomic E-state index is -0.492. The van der Waals surface area contributed by atoms with Crippen LogP contribution in [-0.4, -0.2) is 32.2 Å². The number of hydrogen-bond acceptors (Lipinski definition) is 5. The molecule has 0 aromatic heterocycles. The van der Waals surface area contributed by atoms with Crippen LogP contribution < -0.4 is 10.2 Å². The van der Waals surface area contributed by atoms with Gasteiger partial charge in [-0.2, -0.15) is 0 Å². The summed E-state index contributed by atoms with van der Waals surface area (Å²) in [6.45, 7) is 15.7. The van der Waals surface area contributed by atoms with Crippen molar-refractivity contribution in [3.63, 3.8) is 0 Å². The van der Waals surface area contributed by atoms with E-state index in [1.807, 2.05) is 45.9 Å². The van der Waals surface area contributed by atoms with E-state index in [1.165, 1.54) is 0 Å². The Bertz CT molecular complexity index is 873. The van der Waals surface area contributed by atoms with Crippen LogP contribution in [0.4, 0.5) is 5.69 Å². The second-order valence-electron chi connectivity index (χ2n) is 7.91. The van der Waals surface area contributed by atoms with E-state index < -0.39 is 18.3 Å². The zero-order valence-electron chi connectivity index (χ0n) is 17.5. The van der Waals surface area contributed by atoms with Crippen LogP contribution in [0.25, 0.3) is 4.85 Å². The summed E-state index contributed by atoms with van der Waals surface area (Å²) in [7, 11) is 1.09. The first-order valence-electron chi connectivity index (χ1n) is 9.46. The van der Waals surface area contributed by atoms with Crippen LogP contribution in [0.15, 0.2) is 42.5 Å². The number of ether oxygens (including phenoxy) is 3. The van der Waals surface area contributed by atoms with Gasteiger partial charge in [-0.15, -0.1) is 0 Å². The Kier molecular flexibility index (Phi) is 6.30. The molecular formula is C22H26BNO5. The molecule has 2 aromatic rings. The Morgan fingerprint density at radius 1 is 0.966 bits per heavy atom. The van der Waals surface area contributed by atoms with Crippen molar-refractivity contribution in [1.29, 1.82) is 0 Å². The molecule has 0 aliphatic carbocycles. The van der Waals surface area contributed by atoms with Crippen LogP contribution in [-0.2, 0) is 25.4 Å². The molecule has 152 valence electrons. The second-order valence-corrected chi connectivity index (χ2v) is 7.91. The first-order chi connectivity index (χ1) is 13.8. The lowest BCUT2D eigenvalue weighted by molar-refractivity contribution is -0.0389. The van der Waals surface area contributed by atoms with Gasteiger partial charge in [-0.05, 0) is 63.0 Å². The third-order valence-electron chi connectivity index (χ3n) is 5.28. The number of methoxy groups -OCH3 is 1. The molecule has 7 heteroatoms. The van der Waals surface area contributed by atoms with Crippen molar-refractivity contribution in [3.05, 3.63) is 59.4 Å². The number of benzene rings is 2. The third kappa shape index (κ3) is 4.80. The van der Waals surface area contributed by atoms with Gasteiger partial charge in [0.2, 0.25) is 0 Å². The predicted octanol–water partition coefficient (Wildman–Crippen LogP) is 4.45. The van der Waals surface area contributed by atoms with E-state index in [1.54, 1.807) is 31.4 Å². The smallest absolute Gasteiger partial charge is 0.457 e. The fraction of sp³-hybridized carbons (Fsp3) is 0.409. The van der Waals surface area contributed by atoms with Crippen molar-refractivity contribution in [3.8, 4) is 11.5 Å². The Morgan fingerprint density at radius 3 is 2.17 bits per heavy atom. The van der Waals surface area contributed by atoms with Crippen LogP contribution in [0.3, 0.4) is 0 Å². The van der Waals surface area contributed by atoms with Crippen LogP contribution in [0.5, 0.6) is 11.5 Å². The van der Waals surface area contributed by atoms with Crippen molar-refractivity contribution in [1.82, 2.24) is 0 Å². The normalized spacial score (nSPS) is 17.2. The molecule has 0 bridgehead atoms. The maximum Gasteiger partial charge on any atom is 0.495 e. The fourth-order valence-electron chi connectivity index (χ4n) is 2.93. The van der Waals surface area contributed by atoms with Crippen molar-refractivity contribution < 1.29 is 23.5 Å². The van der Waals surface area contributed by atoms with E-state index in [0.717, 1.165) is 11.0 Å². The SMILES string of the molecule is [C-]#[N+]c1ccc(Oc2ccc(B3OC(C)(C)C(C)(C)O3)c(COCOC)c2)cc1. The summed E-state index contributed by atoms with van der Waals surface area (Å²) in [5.74, 6) is 1.32. The molecule has 1 aliphatic rings. The summed E-state index contributed by atoms with van der Waals surface area (Å²) in [5, 5.41) is 0. The molecule has 0 unspecified atom stereocenters. The largest absolute Gasteiger partial charge is 0.495 e. The summed E-state index contributed by atoms with van der Waals surface area (Å²) in [6, 6.07) is 12.7. The van der Waals surface area contributed by atoms with Crippen molar-refractivity contribution in [2.45, 2.75) is 45.5 Å². The van der Waals surface area contributed by atoms with Gasteiger partial charge in [0.1, 0.15) is 18.3 Å². The lowest BCUT2D eigenvalue weighted by atomic mass is 9.76. The maximum atomic E-state index is 7.04. The van der Waals surface area contributed by atoms with E-state index in [-0.39, 0.29) is 6.79 Å². The van der Waals surface area contributed by atoms with Crippen LogP contribution in [0.1, 0.15) is 33.3 Å². The summed E-state index contributed by atoms with van der Waals surface area (Å²) in [4.78, 5) is 3.39. The van der Waals surface area contributed by atoms with Gasteiger partial charge in [-0.1, -0.05) is 18.2 Å². The van der Waals surface area contributed by atoms with Gasteiger partial charge in [-0.3, -0.25) is 0 Å². The molecule has 0 radical (unpaired) electrons. The van der Waals surface area contributed by atoms with Gasteiger partial charge >= 0.3 is 7.12 Å². The summed E-state index contributed by atoms with van der Waals surface area (Å²) in [6.07, 6.45) is 0. The average molecular weight is 395 g/mol. The standard InChI is InChI=1S/C22H26BNO5/c1-21(2)22(3,4)29-23(28-21)20-12-11-19(13-16(20)14-26-15-25-6)27-18-9-7-17(24-5)8-10-18/h7-13H,14-15H2,1-4,6H3. The lowest BCUT2D eigenvalue weighted by Gasteiger charge is -2.32. The number of rotatable bonds is 7. The fourth-order valence-corrected chi connectivity index (χ4v) is 2.93. The minimum Gasteiger partial charge on any atom is -0.457 e. The van der Waals surface area contributed by atoms with Gasteiger partial charge in [0.05, 0.1) is 24.4 Å². The molecule has 6 nitrogen and oxygen atoms in total. The molecule has 1 heterocycles. The molecule has 1 aliphatic heterocycles. The monoisotopic (exact) mass is 395 g/mol. The molecule has 0 spiro atoms. The highest BCUT2D eigenvalue weighted by molar-refractivity contribution is 6.62. The van der Waals surface area contributed by atoms with Gasteiger partial charge < -0.3 is 23.5 Å². The second kappa shape index (κ2) is 8.56. The molecule has 1 saturated heterocycles. The van der Waals surface area contributed by atoms with Crippen molar-refractivity contribution in [2.75, 3.05) is 13.9 Å². The molecule has 0 saturated carbocycles. The zero-order chi connectivity index (χ0) is 21.1. The third-order valence-corrected chi connectivity index (χ3v) is 5.28. The van der Waals surface area contributed by atoms with E-state index in [4.69, 9.17) is 30.1 Å². The van der Waals surface area contributed by atoms with Gasteiger partial charge in [0.15, 0.2) is 5.69 Å². The topological polar surface area (TPSA) is 50.5 Å². The van der Waals surface area contributed by atoms with Crippen molar-refractivity contribution in [2.24, 2.45) is 0 Å². The molecule has 0 N–H and O–H groups in total. The van der Waals surface area contributed by atoms with Crippen LogP contribution in [0, 0.1) is 6.57 Å². The number of hydrogen-bond donors (Lipinski definition) is 0. The maximum absolute atomic E-state index is 7.04. The quantitative estimate of drug-likeness (QED) is 0.300. The van der Waals surface area contributed by atoms with Crippen molar-refractivity contribution >= 4 is 18.3 Å². The van der Waals surface area contributed by atoms with E-state index in [2.05, 4.69) is 4.85 Å². The Hall–Kier alpha value is -2.37. The predicted molar refractivity (Wildman–Crippen MR) is 112 cm³/mol. The van der Waals surface area contributed by atoms with Crippen LogP contribution >= 0.6 is 0 Å². The highest BCUT2D eigenvalue weighted by Crippen LogP contribution is 2.37. The summed E-state index contributed by atoms with van der Waals surface area (Å²) >= 11 is 0. The molecule has 29 heavy (non-hydrogen) atoms. The summed E-state index contributed by atoms with van der Waals surface area (Å²) < 4.78 is 28.9. The van der Waals surface area contributed by atoms with Gasteiger partial charge in [-0.25, -0.2) is 4.85 Å². The molecule has 3 rings (SSSR count). The highest BCUT2D eigenvalue weighted by Gasteiger charge is 2.52. The molecule has 2 aromatic carbocycles. The van der Waals surface area contributed by atoms with Gasteiger partial charge in [0.25, 0.3) is 0 Å². The first-order valence-corrected chi connectivity index (χ1v) is 9.46. The van der Waals surface area contributed by atoms with E-state index in [0.29, 0.717) is 23.8 Å². The van der Waals surface area contributed by atoms with Crippen LogP contribution in [0.2, 0.25) is 0 Å².